The quantitative estimate of drug-likeness (QED) is 0.320. The minimum atomic E-state index is -3.43. The summed E-state index contributed by atoms with van der Waals surface area (Å²) in [5.41, 5.74) is 1.12. The van der Waals surface area contributed by atoms with Crippen molar-refractivity contribution in [3.63, 3.8) is 0 Å². The number of hydrogen-bond donors (Lipinski definition) is 4. The van der Waals surface area contributed by atoms with E-state index in [1.54, 1.807) is 30.3 Å². The Bertz CT molecular complexity index is 1340. The number of amides is 2. The van der Waals surface area contributed by atoms with Gasteiger partial charge in [-0.3, -0.25) is 19.3 Å². The number of aromatic hydroxyl groups is 1. The number of rotatable bonds is 6. The summed E-state index contributed by atoms with van der Waals surface area (Å²) in [6.07, 6.45) is 2.76. The number of benzene rings is 2. The highest BCUT2D eigenvalue weighted by molar-refractivity contribution is 8.01. The van der Waals surface area contributed by atoms with Gasteiger partial charge in [-0.25, -0.2) is 4.21 Å². The van der Waals surface area contributed by atoms with Crippen molar-refractivity contribution in [2.24, 2.45) is 0 Å². The van der Waals surface area contributed by atoms with Gasteiger partial charge >= 0.3 is 0 Å². The van der Waals surface area contributed by atoms with Gasteiger partial charge in [-0.15, -0.1) is 0 Å². The number of hydrogen-bond acceptors (Lipinski definition) is 6. The lowest BCUT2D eigenvalue weighted by atomic mass is 10.1. The number of phenols is 1. The lowest BCUT2D eigenvalue weighted by molar-refractivity contribution is -0.114. The summed E-state index contributed by atoms with van der Waals surface area (Å²) in [7, 11) is -3.43. The van der Waals surface area contributed by atoms with Gasteiger partial charge in [-0.2, -0.15) is 0 Å². The van der Waals surface area contributed by atoms with Crippen LogP contribution in [-0.4, -0.2) is 49.7 Å². The maximum absolute atomic E-state index is 13.6. The van der Waals surface area contributed by atoms with Crippen LogP contribution < -0.4 is 10.0 Å². The van der Waals surface area contributed by atoms with Crippen LogP contribution in [0, 0.1) is 11.8 Å². The Balaban J connectivity index is 1.89. The van der Waals surface area contributed by atoms with E-state index >= 15 is 0 Å². The number of aromatic nitrogens is 1. The number of phenolic OH excluding ortho intramolecular Hbond substituents is 1. The van der Waals surface area contributed by atoms with Gasteiger partial charge in [0.25, 0.3) is 11.8 Å². The first-order chi connectivity index (χ1) is 15.9. The molecule has 1 unspecified atom stereocenters. The van der Waals surface area contributed by atoms with Gasteiger partial charge in [0.05, 0.1) is 32.1 Å². The van der Waals surface area contributed by atoms with Crippen molar-refractivity contribution in [1.82, 2.24) is 15.0 Å². The topological polar surface area (TPSA) is 129 Å². The van der Waals surface area contributed by atoms with Gasteiger partial charge in [0, 0.05) is 30.1 Å². The molecule has 2 amide bonds. The predicted octanol–water partition coefficient (Wildman–Crippen LogP) is 1.09. The standard InChI is InChI=1S/C24H21N3O5S/c28-12-11-26-23(30)17-33(32,22-7-2-1-3-8-22)27-24(31)20-13-19(15-25-16-20)10-9-18-5-4-6-21(29)14-18/h1-8,13-17,28-29H,11-12H2,(H,26,30)(H,27,31,32). The molecule has 0 aliphatic carbocycles. The van der Waals surface area contributed by atoms with Crippen LogP contribution in [0.25, 0.3) is 0 Å². The molecule has 2 aromatic carbocycles. The van der Waals surface area contributed by atoms with Crippen LogP contribution in [-0.2, 0) is 14.5 Å². The summed E-state index contributed by atoms with van der Waals surface area (Å²) >= 11 is 0. The summed E-state index contributed by atoms with van der Waals surface area (Å²) in [5.74, 6) is 4.42. The van der Waals surface area contributed by atoms with Crippen LogP contribution >= 0.6 is 0 Å². The number of aliphatic hydroxyl groups is 1. The number of carbonyl (C=O) groups excluding carboxylic acids is 2. The zero-order chi connectivity index (χ0) is 23.7. The third kappa shape index (κ3) is 6.67. The van der Waals surface area contributed by atoms with Gasteiger partial charge in [0.15, 0.2) is 0 Å². The second-order valence-electron chi connectivity index (χ2n) is 6.74. The fourth-order valence-electron chi connectivity index (χ4n) is 2.71. The smallest absolute Gasteiger partial charge is 0.264 e. The molecular weight excluding hydrogens is 442 g/mol. The van der Waals surface area contributed by atoms with Gasteiger partial charge < -0.3 is 15.5 Å². The predicted molar refractivity (Wildman–Crippen MR) is 125 cm³/mol. The van der Waals surface area contributed by atoms with Gasteiger partial charge in [-0.1, -0.05) is 36.1 Å². The molecule has 33 heavy (non-hydrogen) atoms. The fraction of sp³-hybridized carbons (Fsp3) is 0.0833. The third-order valence-electron chi connectivity index (χ3n) is 4.22. The Morgan fingerprint density at radius 1 is 1.00 bits per heavy atom. The largest absolute Gasteiger partial charge is 0.508 e. The first-order valence-corrected chi connectivity index (χ1v) is 11.4. The normalized spacial score (nSPS) is 11.9. The number of nitrogens with one attached hydrogen (secondary N) is 2. The molecule has 1 aromatic heterocycles. The zero-order valence-corrected chi connectivity index (χ0v) is 18.2. The van der Waals surface area contributed by atoms with Gasteiger partial charge in [0.1, 0.15) is 5.75 Å². The van der Waals surface area contributed by atoms with Crippen LogP contribution in [0.3, 0.4) is 0 Å². The van der Waals surface area contributed by atoms with Crippen molar-refractivity contribution in [2.45, 2.75) is 4.90 Å². The van der Waals surface area contributed by atoms with Crippen molar-refractivity contribution in [3.8, 4) is 17.6 Å². The number of nitrogens with zero attached hydrogens (tertiary/aromatic N) is 1. The molecule has 0 aliphatic rings. The molecule has 168 valence electrons. The van der Waals surface area contributed by atoms with Crippen LogP contribution in [0.1, 0.15) is 21.5 Å². The van der Waals surface area contributed by atoms with Crippen molar-refractivity contribution < 1.29 is 24.0 Å². The maximum atomic E-state index is 13.6. The maximum Gasteiger partial charge on any atom is 0.264 e. The molecule has 0 fully saturated rings. The summed E-state index contributed by atoms with van der Waals surface area (Å²) in [6.45, 7) is -0.294. The molecule has 8 nitrogen and oxygen atoms in total. The lowest BCUT2D eigenvalue weighted by Crippen LogP contribution is -2.37. The zero-order valence-electron chi connectivity index (χ0n) is 17.4. The molecule has 0 spiro atoms. The summed E-state index contributed by atoms with van der Waals surface area (Å²) in [5, 5.41) is 21.7. The Kier molecular flexibility index (Phi) is 7.81. The van der Waals surface area contributed by atoms with Gasteiger partial charge in [0.2, 0.25) is 0 Å². The van der Waals surface area contributed by atoms with Crippen LogP contribution in [0.15, 0.2) is 78.0 Å². The molecule has 0 saturated carbocycles. The van der Waals surface area contributed by atoms with Gasteiger partial charge in [-0.05, 0) is 36.4 Å². The second kappa shape index (κ2) is 10.9. The summed E-state index contributed by atoms with van der Waals surface area (Å²) < 4.78 is 16.0. The van der Waals surface area contributed by atoms with Crippen molar-refractivity contribution in [1.29, 1.82) is 0 Å². The molecule has 4 N–H and O–H groups in total. The van der Waals surface area contributed by atoms with Crippen LogP contribution in [0.5, 0.6) is 5.75 Å². The number of aliphatic hydroxyl groups excluding tert-OH is 1. The van der Waals surface area contributed by atoms with Crippen molar-refractivity contribution in [2.75, 3.05) is 13.2 Å². The molecule has 3 rings (SSSR count). The monoisotopic (exact) mass is 463 g/mol. The first kappa shape index (κ1) is 23.5. The highest BCUT2D eigenvalue weighted by atomic mass is 32.2. The third-order valence-corrected chi connectivity index (χ3v) is 6.23. The molecule has 3 aromatic rings. The summed E-state index contributed by atoms with van der Waals surface area (Å²) in [4.78, 5) is 29.3. The van der Waals surface area contributed by atoms with E-state index in [0.717, 1.165) is 5.37 Å². The van der Waals surface area contributed by atoms with E-state index in [0.29, 0.717) is 11.1 Å². The van der Waals surface area contributed by atoms with E-state index in [4.69, 9.17) is 5.11 Å². The highest BCUT2D eigenvalue weighted by Crippen LogP contribution is 2.12. The Morgan fingerprint density at radius 3 is 2.48 bits per heavy atom. The molecule has 0 aliphatic heterocycles. The van der Waals surface area contributed by atoms with E-state index < -0.39 is 21.5 Å². The van der Waals surface area contributed by atoms with E-state index in [9.17, 15) is 18.9 Å². The Hall–Kier alpha value is -4.13. The SMILES string of the molecule is O=C(C=S(=O)(NC(=O)c1cncc(C#Cc2cccc(O)c2)c1)c1ccccc1)NCCO. The average Bonchev–Trinajstić information content (AvgIpc) is 2.82. The molecule has 1 atom stereocenters. The second-order valence-corrected chi connectivity index (χ2v) is 8.85. The number of carbonyl (C=O) groups is 2. The minimum Gasteiger partial charge on any atom is -0.508 e. The molecule has 1 heterocycles. The summed E-state index contributed by atoms with van der Waals surface area (Å²) in [6, 6.07) is 16.0. The molecular formula is C24H21N3O5S. The van der Waals surface area contributed by atoms with Crippen molar-refractivity contribution >= 4 is 26.9 Å². The molecule has 0 radical (unpaired) electrons. The minimum absolute atomic E-state index is 0.0165. The average molecular weight is 464 g/mol. The Morgan fingerprint density at radius 2 is 1.76 bits per heavy atom. The fourth-order valence-corrected chi connectivity index (χ4v) is 4.36. The molecule has 9 heteroatoms. The Labute approximate surface area is 191 Å². The lowest BCUT2D eigenvalue weighted by Gasteiger charge is -2.14. The van der Waals surface area contributed by atoms with E-state index in [1.807, 2.05) is 0 Å². The van der Waals surface area contributed by atoms with Crippen LogP contribution in [0.2, 0.25) is 0 Å². The van der Waals surface area contributed by atoms with E-state index in [2.05, 4.69) is 26.9 Å². The molecule has 0 bridgehead atoms. The first-order valence-electron chi connectivity index (χ1n) is 9.80. The van der Waals surface area contributed by atoms with Crippen LogP contribution in [0.4, 0.5) is 0 Å². The van der Waals surface area contributed by atoms with E-state index in [-0.39, 0.29) is 29.4 Å². The highest BCUT2D eigenvalue weighted by Gasteiger charge is 2.18. The van der Waals surface area contributed by atoms with E-state index in [1.165, 1.54) is 42.7 Å². The number of pyridine rings is 1. The van der Waals surface area contributed by atoms with Crippen molar-refractivity contribution in [3.05, 3.63) is 89.7 Å². The molecule has 0 saturated heterocycles.